The first-order valence-corrected chi connectivity index (χ1v) is 8.30. The molecule has 1 N–H and O–H groups in total. The van der Waals surface area contributed by atoms with Crippen LogP contribution in [0.4, 0.5) is 0 Å². The largest absolute Gasteiger partial charge is 0.387 e. The van der Waals surface area contributed by atoms with Crippen molar-refractivity contribution < 1.29 is 9.63 Å². The van der Waals surface area contributed by atoms with Gasteiger partial charge in [0, 0.05) is 19.5 Å². The van der Waals surface area contributed by atoms with E-state index in [0.29, 0.717) is 18.7 Å². The highest BCUT2D eigenvalue weighted by Gasteiger charge is 2.44. The lowest BCUT2D eigenvalue weighted by Crippen LogP contribution is -2.49. The molecule has 1 fully saturated rings. The number of likely N-dealkylation sites (tertiary alicyclic amines) is 1. The molecule has 2 aliphatic rings. The molecule has 5 heteroatoms. The van der Waals surface area contributed by atoms with E-state index in [1.807, 2.05) is 6.92 Å². The van der Waals surface area contributed by atoms with E-state index in [2.05, 4.69) is 29.2 Å². The molecule has 0 bridgehead atoms. The Labute approximate surface area is 128 Å². The highest BCUT2D eigenvalue weighted by atomic mass is 16.7. The minimum Gasteiger partial charge on any atom is -0.387 e. The van der Waals surface area contributed by atoms with Gasteiger partial charge in [0.2, 0.25) is 0 Å². The van der Waals surface area contributed by atoms with Crippen LogP contribution in [0.1, 0.15) is 52.9 Å². The molecular weight excluding hydrogens is 266 g/mol. The first-order valence-electron chi connectivity index (χ1n) is 8.30. The van der Waals surface area contributed by atoms with Gasteiger partial charge in [0.25, 0.3) is 5.91 Å². The molecule has 2 rings (SSSR count). The van der Waals surface area contributed by atoms with E-state index in [0.717, 1.165) is 44.8 Å². The van der Waals surface area contributed by atoms with Gasteiger partial charge < -0.3 is 10.2 Å². The first kappa shape index (κ1) is 16.3. The molecule has 1 saturated heterocycles. The Morgan fingerprint density at radius 3 is 3.05 bits per heavy atom. The second-order valence-corrected chi connectivity index (χ2v) is 6.81. The Kier molecular flexibility index (Phi) is 5.62. The molecule has 1 atom stereocenters. The molecule has 0 radical (unpaired) electrons. The summed E-state index contributed by atoms with van der Waals surface area (Å²) in [5.41, 5.74) is 0.308. The van der Waals surface area contributed by atoms with Gasteiger partial charge in [0.05, 0.1) is 0 Å². The monoisotopic (exact) mass is 295 g/mol. The van der Waals surface area contributed by atoms with Crippen molar-refractivity contribution in [2.75, 3.05) is 26.2 Å². The molecule has 0 saturated carbocycles. The van der Waals surface area contributed by atoms with Crippen LogP contribution in [-0.4, -0.2) is 48.3 Å². The fraction of sp³-hybridized carbons (Fsp3) is 0.875. The zero-order chi connectivity index (χ0) is 15.3. The van der Waals surface area contributed by atoms with Crippen LogP contribution in [0.2, 0.25) is 0 Å². The number of amides is 1. The SMILES string of the molecule is CCCNC(=O)C1=NO[C@]2(CCCN(CCC(C)C)C2)C1. The second-order valence-electron chi connectivity index (χ2n) is 6.81. The number of nitrogens with one attached hydrogen (secondary N) is 1. The van der Waals surface area contributed by atoms with Crippen LogP contribution in [0.5, 0.6) is 0 Å². The molecule has 0 unspecified atom stereocenters. The predicted molar refractivity (Wildman–Crippen MR) is 84.3 cm³/mol. The summed E-state index contributed by atoms with van der Waals surface area (Å²) in [4.78, 5) is 20.2. The van der Waals surface area contributed by atoms with Gasteiger partial charge in [-0.05, 0) is 44.7 Å². The van der Waals surface area contributed by atoms with Crippen LogP contribution < -0.4 is 5.32 Å². The van der Waals surface area contributed by atoms with E-state index in [4.69, 9.17) is 4.84 Å². The highest BCUT2D eigenvalue weighted by Crippen LogP contribution is 2.33. The molecule has 0 aromatic rings. The van der Waals surface area contributed by atoms with E-state index in [9.17, 15) is 4.79 Å². The zero-order valence-corrected chi connectivity index (χ0v) is 13.7. The lowest BCUT2D eigenvalue weighted by atomic mass is 9.87. The summed E-state index contributed by atoms with van der Waals surface area (Å²) in [5, 5.41) is 6.96. The average Bonchev–Trinajstić information content (AvgIpc) is 2.86. The molecular formula is C16H29N3O2. The average molecular weight is 295 g/mol. The summed E-state index contributed by atoms with van der Waals surface area (Å²) in [6.45, 7) is 10.4. The summed E-state index contributed by atoms with van der Waals surface area (Å²) >= 11 is 0. The van der Waals surface area contributed by atoms with Gasteiger partial charge in [-0.25, -0.2) is 0 Å². The topological polar surface area (TPSA) is 53.9 Å². The third-order valence-corrected chi connectivity index (χ3v) is 4.28. The summed E-state index contributed by atoms with van der Waals surface area (Å²) in [6, 6.07) is 0. The summed E-state index contributed by atoms with van der Waals surface area (Å²) in [5.74, 6) is 0.659. The third-order valence-electron chi connectivity index (χ3n) is 4.28. The fourth-order valence-electron chi connectivity index (χ4n) is 3.02. The van der Waals surface area contributed by atoms with Crippen molar-refractivity contribution in [1.29, 1.82) is 0 Å². The van der Waals surface area contributed by atoms with Gasteiger partial charge >= 0.3 is 0 Å². The molecule has 120 valence electrons. The minimum atomic E-state index is -0.256. The third kappa shape index (κ3) is 4.43. The Hall–Kier alpha value is -1.10. The second kappa shape index (κ2) is 7.25. The van der Waals surface area contributed by atoms with Crippen LogP contribution in [-0.2, 0) is 9.63 Å². The lowest BCUT2D eigenvalue weighted by molar-refractivity contribution is -0.114. The number of carbonyl (C=O) groups is 1. The van der Waals surface area contributed by atoms with Crippen molar-refractivity contribution in [2.45, 2.75) is 58.5 Å². The van der Waals surface area contributed by atoms with E-state index in [-0.39, 0.29) is 11.5 Å². The number of rotatable bonds is 6. The van der Waals surface area contributed by atoms with Crippen molar-refractivity contribution in [1.82, 2.24) is 10.2 Å². The van der Waals surface area contributed by atoms with E-state index < -0.39 is 0 Å². The van der Waals surface area contributed by atoms with Gasteiger partial charge in [-0.15, -0.1) is 0 Å². The Bertz CT molecular complexity index is 395. The zero-order valence-electron chi connectivity index (χ0n) is 13.7. The molecule has 0 aromatic heterocycles. The van der Waals surface area contributed by atoms with E-state index >= 15 is 0 Å². The molecule has 2 aliphatic heterocycles. The van der Waals surface area contributed by atoms with Gasteiger partial charge in [0.1, 0.15) is 5.71 Å². The highest BCUT2D eigenvalue weighted by molar-refractivity contribution is 6.39. The molecule has 21 heavy (non-hydrogen) atoms. The number of carbonyl (C=O) groups excluding carboxylic acids is 1. The van der Waals surface area contributed by atoms with E-state index in [1.165, 1.54) is 6.42 Å². The molecule has 0 aromatic carbocycles. The fourth-order valence-corrected chi connectivity index (χ4v) is 3.02. The normalized spacial score (nSPS) is 26.0. The maximum absolute atomic E-state index is 12.0. The molecule has 0 aliphatic carbocycles. The molecule has 5 nitrogen and oxygen atoms in total. The molecule has 1 spiro atoms. The van der Waals surface area contributed by atoms with Crippen molar-refractivity contribution in [3.8, 4) is 0 Å². The van der Waals surface area contributed by atoms with Crippen LogP contribution in [0, 0.1) is 5.92 Å². The summed E-state index contributed by atoms with van der Waals surface area (Å²) in [7, 11) is 0. The standard InChI is InChI=1S/C16H29N3O2/c1-4-8-17-15(20)14-11-16(21-18-14)7-5-9-19(12-16)10-6-13(2)3/h13H,4-12H2,1-3H3,(H,17,20)/t16-/m1/s1. The van der Waals surface area contributed by atoms with E-state index in [1.54, 1.807) is 0 Å². The Balaban J connectivity index is 1.85. The number of hydrogen-bond acceptors (Lipinski definition) is 4. The maximum Gasteiger partial charge on any atom is 0.269 e. The van der Waals surface area contributed by atoms with Crippen LogP contribution >= 0.6 is 0 Å². The predicted octanol–water partition coefficient (Wildman–Crippen LogP) is 2.17. The maximum atomic E-state index is 12.0. The smallest absolute Gasteiger partial charge is 0.269 e. The van der Waals surface area contributed by atoms with Crippen molar-refractivity contribution in [3.63, 3.8) is 0 Å². The minimum absolute atomic E-state index is 0.0620. The Morgan fingerprint density at radius 2 is 2.33 bits per heavy atom. The van der Waals surface area contributed by atoms with Crippen LogP contribution in [0.15, 0.2) is 5.16 Å². The number of nitrogens with zero attached hydrogens (tertiary/aromatic N) is 2. The van der Waals surface area contributed by atoms with Gasteiger partial charge in [-0.1, -0.05) is 25.9 Å². The van der Waals surface area contributed by atoms with Crippen molar-refractivity contribution in [2.24, 2.45) is 11.1 Å². The Morgan fingerprint density at radius 1 is 1.52 bits per heavy atom. The number of hydrogen-bond donors (Lipinski definition) is 1. The molecule has 1 amide bonds. The first-order chi connectivity index (χ1) is 10.0. The van der Waals surface area contributed by atoms with Crippen LogP contribution in [0.3, 0.4) is 0 Å². The van der Waals surface area contributed by atoms with Gasteiger partial charge in [-0.2, -0.15) is 0 Å². The van der Waals surface area contributed by atoms with Crippen molar-refractivity contribution in [3.05, 3.63) is 0 Å². The number of oxime groups is 1. The summed E-state index contributed by atoms with van der Waals surface area (Å²) < 4.78 is 0. The lowest BCUT2D eigenvalue weighted by Gasteiger charge is -2.38. The van der Waals surface area contributed by atoms with Gasteiger partial charge in [-0.3, -0.25) is 9.69 Å². The summed E-state index contributed by atoms with van der Waals surface area (Å²) in [6.07, 6.45) is 4.92. The number of piperidine rings is 1. The van der Waals surface area contributed by atoms with Crippen LogP contribution in [0.25, 0.3) is 0 Å². The quantitative estimate of drug-likeness (QED) is 0.817. The molecule has 2 heterocycles. The van der Waals surface area contributed by atoms with Crippen molar-refractivity contribution >= 4 is 11.6 Å². The van der Waals surface area contributed by atoms with Gasteiger partial charge in [0.15, 0.2) is 5.60 Å².